The van der Waals surface area contributed by atoms with Gasteiger partial charge < -0.3 is 5.73 Å². The van der Waals surface area contributed by atoms with Gasteiger partial charge in [-0.15, -0.1) is 0 Å². The number of aromatic nitrogens is 1. The maximum atomic E-state index is 11.7. The predicted molar refractivity (Wildman–Crippen MR) is 85.9 cm³/mol. The molecule has 0 aliphatic rings. The van der Waals surface area contributed by atoms with E-state index in [-0.39, 0.29) is 17.1 Å². The van der Waals surface area contributed by atoms with Gasteiger partial charge in [0.15, 0.2) is 0 Å². The van der Waals surface area contributed by atoms with Crippen LogP contribution in [0.2, 0.25) is 0 Å². The number of benzene rings is 1. The Morgan fingerprint density at radius 2 is 2.05 bits per heavy atom. The summed E-state index contributed by atoms with van der Waals surface area (Å²) in [6.07, 6.45) is 4.40. The lowest BCUT2D eigenvalue weighted by atomic mass is 10.2. The number of para-hydroxylation sites is 1. The minimum atomic E-state index is -0.459. The number of nitro groups is 1. The topological polar surface area (TPSA) is 104 Å². The van der Waals surface area contributed by atoms with Gasteiger partial charge >= 0.3 is 0 Å². The van der Waals surface area contributed by atoms with Gasteiger partial charge in [-0.25, -0.2) is 0 Å². The van der Waals surface area contributed by atoms with Crippen molar-refractivity contribution < 1.29 is 4.92 Å². The number of nitrogen functional groups attached to an aromatic ring is 1. The van der Waals surface area contributed by atoms with E-state index in [1.165, 1.54) is 30.5 Å². The molecule has 0 amide bonds. The average molecular weight is 298 g/mol. The summed E-state index contributed by atoms with van der Waals surface area (Å²) in [5.41, 5.74) is 6.58. The average Bonchev–Trinajstić information content (AvgIpc) is 2.45. The van der Waals surface area contributed by atoms with Gasteiger partial charge in [-0.3, -0.25) is 14.9 Å². The zero-order chi connectivity index (χ0) is 16.1. The van der Waals surface area contributed by atoms with Crippen LogP contribution in [0.1, 0.15) is 11.1 Å². The number of pyridine rings is 1. The number of nitrogens with zero attached hydrogens (tertiary/aromatic N) is 3. The molecule has 0 aliphatic carbocycles. The first-order valence-electron chi connectivity index (χ1n) is 6.42. The Labute approximate surface area is 126 Å². The van der Waals surface area contributed by atoms with Crippen molar-refractivity contribution >= 4 is 23.8 Å². The molecule has 22 heavy (non-hydrogen) atoms. The molecule has 7 nitrogen and oxygen atoms in total. The summed E-state index contributed by atoms with van der Waals surface area (Å²) in [6.45, 7) is 1.76. The highest BCUT2D eigenvalue weighted by molar-refractivity contribution is 5.79. The molecule has 2 aromatic rings. The van der Waals surface area contributed by atoms with Gasteiger partial charge in [-0.1, -0.05) is 12.1 Å². The largest absolute Gasteiger partial charge is 0.384 e. The molecule has 1 aromatic carbocycles. The fourth-order valence-electron chi connectivity index (χ4n) is 1.89. The molecule has 0 radical (unpaired) electrons. The maximum absolute atomic E-state index is 11.7. The van der Waals surface area contributed by atoms with Crippen LogP contribution in [0.25, 0.3) is 6.08 Å². The molecule has 0 aliphatic heterocycles. The van der Waals surface area contributed by atoms with E-state index in [1.54, 1.807) is 31.2 Å². The van der Waals surface area contributed by atoms with Crippen LogP contribution in [-0.4, -0.2) is 15.8 Å². The molecular formula is C15H14N4O3. The van der Waals surface area contributed by atoms with Crippen LogP contribution >= 0.6 is 0 Å². The number of nitro benzene ring substituents is 1. The van der Waals surface area contributed by atoms with Crippen LogP contribution in [0.15, 0.2) is 52.4 Å². The lowest BCUT2D eigenvalue weighted by Crippen LogP contribution is -2.18. The van der Waals surface area contributed by atoms with E-state index in [1.807, 2.05) is 0 Å². The number of hydrogen-bond acceptors (Lipinski definition) is 5. The van der Waals surface area contributed by atoms with Gasteiger partial charge in [0.1, 0.15) is 5.82 Å². The Morgan fingerprint density at radius 1 is 1.32 bits per heavy atom. The van der Waals surface area contributed by atoms with Crippen molar-refractivity contribution in [2.75, 3.05) is 5.73 Å². The molecule has 0 fully saturated rings. The number of aryl methyl sites for hydroxylation is 1. The van der Waals surface area contributed by atoms with Gasteiger partial charge in [0.25, 0.3) is 11.2 Å². The smallest absolute Gasteiger partial charge is 0.276 e. The van der Waals surface area contributed by atoms with Gasteiger partial charge in [0.05, 0.1) is 10.5 Å². The summed E-state index contributed by atoms with van der Waals surface area (Å²) in [5.74, 6) is 0.223. The van der Waals surface area contributed by atoms with Crippen LogP contribution in [0.3, 0.4) is 0 Å². The van der Waals surface area contributed by atoms with Crippen molar-refractivity contribution in [2.24, 2.45) is 5.10 Å². The Hall–Kier alpha value is -3.22. The first-order chi connectivity index (χ1) is 10.5. The third kappa shape index (κ3) is 3.45. The van der Waals surface area contributed by atoms with Crippen LogP contribution in [0, 0.1) is 17.0 Å². The van der Waals surface area contributed by atoms with Crippen molar-refractivity contribution in [3.8, 4) is 0 Å². The molecule has 0 saturated carbocycles. The fraction of sp³-hybridized carbons (Fsp3) is 0.0667. The third-order valence-electron chi connectivity index (χ3n) is 2.86. The first kappa shape index (κ1) is 15.2. The zero-order valence-electron chi connectivity index (χ0n) is 11.8. The first-order valence-corrected chi connectivity index (χ1v) is 6.42. The van der Waals surface area contributed by atoms with Crippen LogP contribution < -0.4 is 11.3 Å². The van der Waals surface area contributed by atoms with Gasteiger partial charge in [-0.2, -0.15) is 9.78 Å². The van der Waals surface area contributed by atoms with E-state index in [0.29, 0.717) is 5.56 Å². The van der Waals surface area contributed by atoms with Crippen molar-refractivity contribution in [3.63, 3.8) is 0 Å². The fourth-order valence-corrected chi connectivity index (χ4v) is 1.89. The third-order valence-corrected chi connectivity index (χ3v) is 2.86. The number of anilines is 1. The molecule has 112 valence electrons. The monoisotopic (exact) mass is 298 g/mol. The number of allylic oxidation sites excluding steroid dienone is 1. The second kappa shape index (κ2) is 6.49. The molecule has 7 heteroatoms. The van der Waals surface area contributed by atoms with E-state index in [4.69, 9.17) is 5.73 Å². The van der Waals surface area contributed by atoms with E-state index < -0.39 is 4.92 Å². The van der Waals surface area contributed by atoms with Gasteiger partial charge in [-0.05, 0) is 36.8 Å². The predicted octanol–water partition coefficient (Wildman–Crippen LogP) is 2.19. The molecule has 0 atom stereocenters. The Morgan fingerprint density at radius 3 is 2.73 bits per heavy atom. The Balaban J connectivity index is 2.24. The maximum Gasteiger partial charge on any atom is 0.276 e. The van der Waals surface area contributed by atoms with Crippen molar-refractivity contribution in [1.82, 2.24) is 4.68 Å². The number of nitrogens with two attached hydrogens (primary N) is 1. The van der Waals surface area contributed by atoms with Crippen LogP contribution in [-0.2, 0) is 0 Å². The van der Waals surface area contributed by atoms with E-state index >= 15 is 0 Å². The summed E-state index contributed by atoms with van der Waals surface area (Å²) in [7, 11) is 0. The summed E-state index contributed by atoms with van der Waals surface area (Å²) in [4.78, 5) is 22.1. The molecule has 0 bridgehead atoms. The quantitative estimate of drug-likeness (QED) is 0.530. The van der Waals surface area contributed by atoms with Gasteiger partial charge in [0.2, 0.25) is 0 Å². The lowest BCUT2D eigenvalue weighted by molar-refractivity contribution is -0.385. The minimum absolute atomic E-state index is 0.000772. The molecule has 0 saturated heterocycles. The van der Waals surface area contributed by atoms with Crippen molar-refractivity contribution in [2.45, 2.75) is 6.92 Å². The van der Waals surface area contributed by atoms with Crippen LogP contribution in [0.5, 0.6) is 0 Å². The SMILES string of the molecule is Cc1cc(N)n(/N=C\C=C\c2ccccc2[N+](=O)[O-])c(=O)c1. The van der Waals surface area contributed by atoms with Crippen molar-refractivity contribution in [3.05, 3.63) is 74.1 Å². The summed E-state index contributed by atoms with van der Waals surface area (Å²) in [6, 6.07) is 9.38. The second-order valence-electron chi connectivity index (χ2n) is 4.55. The normalized spacial score (nSPS) is 11.3. The van der Waals surface area contributed by atoms with Gasteiger partial charge in [0, 0.05) is 18.3 Å². The molecular weight excluding hydrogens is 284 g/mol. The van der Waals surface area contributed by atoms with Crippen LogP contribution in [0.4, 0.5) is 11.5 Å². The van der Waals surface area contributed by atoms with E-state index in [2.05, 4.69) is 5.10 Å². The van der Waals surface area contributed by atoms with Crippen molar-refractivity contribution in [1.29, 1.82) is 0 Å². The summed E-state index contributed by atoms with van der Waals surface area (Å²) < 4.78 is 1.05. The summed E-state index contributed by atoms with van der Waals surface area (Å²) in [5, 5.41) is 14.8. The van der Waals surface area contributed by atoms with E-state index in [9.17, 15) is 14.9 Å². The summed E-state index contributed by atoms with van der Waals surface area (Å²) >= 11 is 0. The number of rotatable bonds is 4. The lowest BCUT2D eigenvalue weighted by Gasteiger charge is -2.02. The molecule has 0 unspecified atom stereocenters. The highest BCUT2D eigenvalue weighted by atomic mass is 16.6. The van der Waals surface area contributed by atoms with E-state index in [0.717, 1.165) is 10.2 Å². The highest BCUT2D eigenvalue weighted by Gasteiger charge is 2.08. The second-order valence-corrected chi connectivity index (χ2v) is 4.55. The molecule has 0 spiro atoms. The Kier molecular flexibility index (Phi) is 4.47. The molecule has 1 heterocycles. The zero-order valence-corrected chi connectivity index (χ0v) is 11.8. The number of hydrogen-bond donors (Lipinski definition) is 1. The molecule has 2 N–H and O–H groups in total. The minimum Gasteiger partial charge on any atom is -0.384 e. The standard InChI is InChI=1S/C15H14N4O3/c1-11-9-14(16)18(15(20)10-11)17-8-4-6-12-5-2-3-7-13(12)19(21)22/h2-10H,16H2,1H3/b6-4+,17-8-. The Bertz CT molecular complexity index is 822. The molecule has 1 aromatic heterocycles. The highest BCUT2D eigenvalue weighted by Crippen LogP contribution is 2.18. The molecule has 2 rings (SSSR count).